The van der Waals surface area contributed by atoms with Crippen LogP contribution in [0.5, 0.6) is 0 Å². The van der Waals surface area contributed by atoms with Crippen LogP contribution in [0, 0.1) is 11.3 Å². The standard InChI is InChI=1S/C11H15ClN2OS/c1-7(5-15)6-16-10-3-2-8(11(13)14)4-9(10)12/h2-4,7,15H,5-6H2,1H3,(H3,13,14). The van der Waals surface area contributed by atoms with Gasteiger partial charge in [0.25, 0.3) is 0 Å². The zero-order valence-electron chi connectivity index (χ0n) is 9.03. The summed E-state index contributed by atoms with van der Waals surface area (Å²) in [6.45, 7) is 2.15. The third-order valence-electron chi connectivity index (χ3n) is 2.08. The first-order valence-corrected chi connectivity index (χ1v) is 6.28. The van der Waals surface area contributed by atoms with Crippen molar-refractivity contribution in [2.75, 3.05) is 12.4 Å². The number of thioether (sulfide) groups is 1. The van der Waals surface area contributed by atoms with Crippen molar-refractivity contribution in [3.8, 4) is 0 Å². The molecule has 0 heterocycles. The molecule has 5 heteroatoms. The molecule has 1 unspecified atom stereocenters. The van der Waals surface area contributed by atoms with E-state index in [0.717, 1.165) is 10.6 Å². The van der Waals surface area contributed by atoms with Crippen molar-refractivity contribution in [3.63, 3.8) is 0 Å². The van der Waals surface area contributed by atoms with Crippen LogP contribution >= 0.6 is 23.4 Å². The molecule has 0 saturated carbocycles. The minimum Gasteiger partial charge on any atom is -0.396 e. The Morgan fingerprint density at radius 1 is 1.62 bits per heavy atom. The van der Waals surface area contributed by atoms with Crippen molar-refractivity contribution < 1.29 is 5.11 Å². The van der Waals surface area contributed by atoms with Gasteiger partial charge in [-0.25, -0.2) is 0 Å². The zero-order chi connectivity index (χ0) is 12.1. The number of nitrogens with two attached hydrogens (primary N) is 1. The third kappa shape index (κ3) is 3.70. The fourth-order valence-corrected chi connectivity index (χ4v) is 2.34. The van der Waals surface area contributed by atoms with E-state index in [-0.39, 0.29) is 18.4 Å². The predicted octanol–water partition coefficient (Wildman–Crippen LogP) is 2.34. The number of rotatable bonds is 5. The number of benzene rings is 1. The Morgan fingerprint density at radius 3 is 2.81 bits per heavy atom. The summed E-state index contributed by atoms with van der Waals surface area (Å²) >= 11 is 7.66. The molecule has 1 atom stereocenters. The lowest BCUT2D eigenvalue weighted by molar-refractivity contribution is 0.250. The molecule has 3 nitrogen and oxygen atoms in total. The number of halogens is 1. The van der Waals surface area contributed by atoms with Crippen LogP contribution in [0.1, 0.15) is 12.5 Å². The van der Waals surface area contributed by atoms with Gasteiger partial charge in [-0.2, -0.15) is 0 Å². The quantitative estimate of drug-likeness (QED) is 0.431. The van der Waals surface area contributed by atoms with Crippen molar-refractivity contribution in [2.45, 2.75) is 11.8 Å². The normalized spacial score (nSPS) is 12.4. The molecule has 0 bridgehead atoms. The molecule has 16 heavy (non-hydrogen) atoms. The van der Waals surface area contributed by atoms with Crippen LogP contribution in [0.3, 0.4) is 0 Å². The largest absolute Gasteiger partial charge is 0.396 e. The number of aliphatic hydroxyl groups is 1. The van der Waals surface area contributed by atoms with Gasteiger partial charge in [0, 0.05) is 22.8 Å². The van der Waals surface area contributed by atoms with Crippen LogP contribution in [0.4, 0.5) is 0 Å². The molecule has 1 aromatic rings. The average Bonchev–Trinajstić information content (AvgIpc) is 2.26. The molecular formula is C11H15ClN2OS. The lowest BCUT2D eigenvalue weighted by Crippen LogP contribution is -2.10. The number of aliphatic hydroxyl groups excluding tert-OH is 1. The van der Waals surface area contributed by atoms with E-state index < -0.39 is 0 Å². The molecule has 0 amide bonds. The Labute approximate surface area is 105 Å². The summed E-state index contributed by atoms with van der Waals surface area (Å²) in [5.41, 5.74) is 5.99. The number of nitrogens with one attached hydrogen (secondary N) is 1. The SMILES string of the molecule is CC(CO)CSc1ccc(C(=N)N)cc1Cl. The molecular weight excluding hydrogens is 244 g/mol. The highest BCUT2D eigenvalue weighted by Crippen LogP contribution is 2.29. The smallest absolute Gasteiger partial charge is 0.122 e. The van der Waals surface area contributed by atoms with E-state index in [1.54, 1.807) is 23.9 Å². The first-order chi connectivity index (χ1) is 7.54. The Kier molecular flexibility index (Phi) is 5.12. The summed E-state index contributed by atoms with van der Waals surface area (Å²) in [5, 5.41) is 16.8. The van der Waals surface area contributed by atoms with E-state index >= 15 is 0 Å². The first kappa shape index (κ1) is 13.4. The molecule has 0 spiro atoms. The lowest BCUT2D eigenvalue weighted by atomic mass is 10.2. The molecule has 1 rings (SSSR count). The fourth-order valence-electron chi connectivity index (χ4n) is 1.07. The third-order valence-corrected chi connectivity index (χ3v) is 3.91. The Balaban J connectivity index is 2.72. The first-order valence-electron chi connectivity index (χ1n) is 4.92. The number of nitrogen functional groups attached to an aromatic ring is 1. The molecule has 0 aromatic heterocycles. The zero-order valence-corrected chi connectivity index (χ0v) is 10.6. The van der Waals surface area contributed by atoms with Crippen LogP contribution in [-0.4, -0.2) is 23.3 Å². The van der Waals surface area contributed by atoms with E-state index in [4.69, 9.17) is 27.9 Å². The van der Waals surface area contributed by atoms with Gasteiger partial charge in [0.05, 0.1) is 5.02 Å². The monoisotopic (exact) mass is 258 g/mol. The van der Waals surface area contributed by atoms with Gasteiger partial charge in [-0.1, -0.05) is 24.6 Å². The fraction of sp³-hybridized carbons (Fsp3) is 0.364. The summed E-state index contributed by atoms with van der Waals surface area (Å²) in [6, 6.07) is 5.32. The Bertz CT molecular complexity index is 384. The van der Waals surface area contributed by atoms with Crippen molar-refractivity contribution in [1.29, 1.82) is 5.41 Å². The van der Waals surface area contributed by atoms with Crippen LogP contribution in [-0.2, 0) is 0 Å². The van der Waals surface area contributed by atoms with E-state index in [2.05, 4.69) is 0 Å². The minimum atomic E-state index is 0.0159. The highest BCUT2D eigenvalue weighted by Gasteiger charge is 2.06. The van der Waals surface area contributed by atoms with E-state index in [0.29, 0.717) is 10.6 Å². The number of hydrogen-bond acceptors (Lipinski definition) is 3. The molecule has 0 aliphatic carbocycles. The summed E-state index contributed by atoms with van der Waals surface area (Å²) in [6.07, 6.45) is 0. The van der Waals surface area contributed by atoms with Crippen molar-refractivity contribution in [2.24, 2.45) is 11.7 Å². The molecule has 1 aromatic carbocycles. The van der Waals surface area contributed by atoms with Gasteiger partial charge < -0.3 is 10.8 Å². The number of amidine groups is 1. The van der Waals surface area contributed by atoms with E-state index in [1.807, 2.05) is 13.0 Å². The molecule has 0 aliphatic rings. The van der Waals surface area contributed by atoms with Gasteiger partial charge in [0.15, 0.2) is 0 Å². The van der Waals surface area contributed by atoms with Gasteiger partial charge in [-0.05, 0) is 18.1 Å². The van der Waals surface area contributed by atoms with Crippen LogP contribution in [0.25, 0.3) is 0 Å². The van der Waals surface area contributed by atoms with Crippen molar-refractivity contribution >= 4 is 29.2 Å². The molecule has 0 saturated heterocycles. The second-order valence-electron chi connectivity index (χ2n) is 3.66. The highest BCUT2D eigenvalue weighted by molar-refractivity contribution is 7.99. The summed E-state index contributed by atoms with van der Waals surface area (Å²) in [7, 11) is 0. The maximum Gasteiger partial charge on any atom is 0.122 e. The molecule has 0 fully saturated rings. The predicted molar refractivity (Wildman–Crippen MR) is 69.4 cm³/mol. The molecule has 4 N–H and O–H groups in total. The Hall–Kier alpha value is -0.710. The van der Waals surface area contributed by atoms with Crippen molar-refractivity contribution in [1.82, 2.24) is 0 Å². The molecule has 0 radical (unpaired) electrons. The van der Waals surface area contributed by atoms with Gasteiger partial charge in [-0.3, -0.25) is 5.41 Å². The highest BCUT2D eigenvalue weighted by atomic mass is 35.5. The molecule has 0 aliphatic heterocycles. The molecule has 88 valence electrons. The van der Waals surface area contributed by atoms with Gasteiger partial charge in [-0.15, -0.1) is 11.8 Å². The van der Waals surface area contributed by atoms with E-state index in [9.17, 15) is 0 Å². The Morgan fingerprint density at radius 2 is 2.31 bits per heavy atom. The summed E-state index contributed by atoms with van der Waals surface area (Å²) in [4.78, 5) is 0.951. The summed E-state index contributed by atoms with van der Waals surface area (Å²) < 4.78 is 0. The van der Waals surface area contributed by atoms with E-state index in [1.165, 1.54) is 0 Å². The summed E-state index contributed by atoms with van der Waals surface area (Å²) in [5.74, 6) is 1.08. The van der Waals surface area contributed by atoms with Crippen LogP contribution in [0.15, 0.2) is 23.1 Å². The second kappa shape index (κ2) is 6.13. The van der Waals surface area contributed by atoms with Crippen molar-refractivity contribution in [3.05, 3.63) is 28.8 Å². The lowest BCUT2D eigenvalue weighted by Gasteiger charge is -2.09. The minimum absolute atomic E-state index is 0.0159. The van der Waals surface area contributed by atoms with Gasteiger partial charge >= 0.3 is 0 Å². The van der Waals surface area contributed by atoms with Crippen LogP contribution < -0.4 is 5.73 Å². The van der Waals surface area contributed by atoms with Crippen LogP contribution in [0.2, 0.25) is 5.02 Å². The second-order valence-corrected chi connectivity index (χ2v) is 5.13. The number of hydrogen-bond donors (Lipinski definition) is 3. The maximum atomic E-state index is 8.91. The van der Waals surface area contributed by atoms with Gasteiger partial charge in [0.2, 0.25) is 0 Å². The maximum absolute atomic E-state index is 8.91. The average molecular weight is 259 g/mol. The van der Waals surface area contributed by atoms with Gasteiger partial charge in [0.1, 0.15) is 5.84 Å². The topological polar surface area (TPSA) is 70.1 Å².